The Morgan fingerprint density at radius 3 is 2.92 bits per heavy atom. The molecule has 1 aromatic carbocycles. The molecule has 2 aliphatic rings. The standard InChI is InChI=1S/C18H20FN5O/c1-23-5-6-24(10-18(23)25)17-9-16(20-11-21-17)22-15-8-14(15)12-3-2-4-13(19)7-12/h2-4,7,9,11,14-15H,5-6,8,10H2,1H3,(H,20,21,22)/t14-,15+/m0/s1. The van der Waals surface area contributed by atoms with Crippen molar-refractivity contribution in [1.29, 1.82) is 0 Å². The quantitative estimate of drug-likeness (QED) is 0.920. The molecule has 1 saturated heterocycles. The normalized spacial score (nSPS) is 22.9. The average molecular weight is 341 g/mol. The first-order valence-electron chi connectivity index (χ1n) is 8.43. The fraction of sp³-hybridized carbons (Fsp3) is 0.389. The van der Waals surface area contributed by atoms with Crippen molar-refractivity contribution >= 4 is 17.5 Å². The second kappa shape index (κ2) is 6.31. The van der Waals surface area contributed by atoms with Gasteiger partial charge in [0.15, 0.2) is 0 Å². The molecule has 0 unspecified atom stereocenters. The van der Waals surface area contributed by atoms with Crippen LogP contribution in [0, 0.1) is 5.82 Å². The van der Waals surface area contributed by atoms with Crippen LogP contribution in [0.3, 0.4) is 0 Å². The third-order valence-electron chi connectivity index (χ3n) is 4.83. The van der Waals surface area contributed by atoms with Crippen LogP contribution in [0.2, 0.25) is 0 Å². The Hall–Kier alpha value is -2.70. The van der Waals surface area contributed by atoms with Crippen LogP contribution in [0.1, 0.15) is 17.9 Å². The zero-order valence-corrected chi connectivity index (χ0v) is 14.0. The minimum absolute atomic E-state index is 0.0905. The molecule has 6 nitrogen and oxygen atoms in total. The lowest BCUT2D eigenvalue weighted by molar-refractivity contribution is -0.129. The second-order valence-corrected chi connectivity index (χ2v) is 6.65. The van der Waals surface area contributed by atoms with E-state index in [1.54, 1.807) is 17.0 Å². The number of piperazine rings is 1. The number of nitrogens with zero attached hydrogens (tertiary/aromatic N) is 4. The first-order chi connectivity index (χ1) is 12.1. The summed E-state index contributed by atoms with van der Waals surface area (Å²) in [5.74, 6) is 1.68. The van der Waals surface area contributed by atoms with Crippen LogP contribution in [0.5, 0.6) is 0 Å². The summed E-state index contributed by atoms with van der Waals surface area (Å²) in [4.78, 5) is 24.1. The van der Waals surface area contributed by atoms with Gasteiger partial charge in [0.1, 0.15) is 23.8 Å². The number of hydrogen-bond acceptors (Lipinski definition) is 5. The molecular weight excluding hydrogens is 321 g/mol. The van der Waals surface area contributed by atoms with Gasteiger partial charge in [-0.3, -0.25) is 4.79 Å². The van der Waals surface area contributed by atoms with Crippen molar-refractivity contribution in [2.75, 3.05) is 36.9 Å². The predicted molar refractivity (Wildman–Crippen MR) is 93.1 cm³/mol. The monoisotopic (exact) mass is 341 g/mol. The number of rotatable bonds is 4. The summed E-state index contributed by atoms with van der Waals surface area (Å²) < 4.78 is 13.3. The molecule has 1 saturated carbocycles. The summed E-state index contributed by atoms with van der Waals surface area (Å²) in [5.41, 5.74) is 1.01. The SMILES string of the molecule is CN1CCN(c2cc(N[C@@H]3C[C@H]3c3cccc(F)c3)ncn2)CC1=O. The van der Waals surface area contributed by atoms with E-state index in [-0.39, 0.29) is 17.8 Å². The Morgan fingerprint density at radius 2 is 2.12 bits per heavy atom. The third kappa shape index (κ3) is 3.40. The van der Waals surface area contributed by atoms with Gasteiger partial charge < -0.3 is 15.1 Å². The van der Waals surface area contributed by atoms with E-state index < -0.39 is 0 Å². The maximum atomic E-state index is 13.3. The molecule has 7 heteroatoms. The number of carbonyl (C=O) groups is 1. The highest BCUT2D eigenvalue weighted by molar-refractivity contribution is 5.82. The third-order valence-corrected chi connectivity index (χ3v) is 4.83. The van der Waals surface area contributed by atoms with Crippen molar-refractivity contribution in [3.05, 3.63) is 48.0 Å². The van der Waals surface area contributed by atoms with Gasteiger partial charge in [-0.25, -0.2) is 14.4 Å². The Balaban J connectivity index is 1.42. The Bertz CT molecular complexity index is 799. The topological polar surface area (TPSA) is 61.4 Å². The van der Waals surface area contributed by atoms with Crippen molar-refractivity contribution in [3.8, 4) is 0 Å². The molecule has 2 aromatic rings. The maximum Gasteiger partial charge on any atom is 0.241 e. The number of benzene rings is 1. The molecule has 0 spiro atoms. The van der Waals surface area contributed by atoms with Gasteiger partial charge in [0.05, 0.1) is 6.54 Å². The van der Waals surface area contributed by atoms with Crippen LogP contribution in [-0.2, 0) is 4.79 Å². The van der Waals surface area contributed by atoms with Gasteiger partial charge >= 0.3 is 0 Å². The van der Waals surface area contributed by atoms with Crippen LogP contribution >= 0.6 is 0 Å². The first-order valence-corrected chi connectivity index (χ1v) is 8.43. The highest BCUT2D eigenvalue weighted by Gasteiger charge is 2.38. The Morgan fingerprint density at radius 1 is 1.24 bits per heavy atom. The summed E-state index contributed by atoms with van der Waals surface area (Å²) in [6.07, 6.45) is 2.47. The van der Waals surface area contributed by atoms with Crippen molar-refractivity contribution in [2.45, 2.75) is 18.4 Å². The summed E-state index contributed by atoms with van der Waals surface area (Å²) in [5, 5.41) is 3.39. The fourth-order valence-electron chi connectivity index (χ4n) is 3.20. The lowest BCUT2D eigenvalue weighted by Crippen LogP contribution is -2.48. The lowest BCUT2D eigenvalue weighted by atomic mass is 10.1. The predicted octanol–water partition coefficient (Wildman–Crippen LogP) is 1.86. The van der Waals surface area contributed by atoms with E-state index in [0.717, 1.165) is 30.2 Å². The number of anilines is 2. The number of aromatic nitrogens is 2. The van der Waals surface area contributed by atoms with Crippen LogP contribution in [0.15, 0.2) is 36.7 Å². The highest BCUT2D eigenvalue weighted by Crippen LogP contribution is 2.42. The van der Waals surface area contributed by atoms with Gasteiger partial charge in [0.2, 0.25) is 5.91 Å². The van der Waals surface area contributed by atoms with E-state index in [2.05, 4.69) is 15.3 Å². The van der Waals surface area contributed by atoms with Crippen LogP contribution in [0.4, 0.5) is 16.0 Å². The van der Waals surface area contributed by atoms with Gasteiger partial charge in [-0.05, 0) is 24.1 Å². The molecule has 25 heavy (non-hydrogen) atoms. The summed E-state index contributed by atoms with van der Waals surface area (Å²) in [7, 11) is 1.81. The molecule has 0 radical (unpaired) electrons. The number of likely N-dealkylation sites (N-methyl/N-ethyl adjacent to an activating group) is 1. The number of halogens is 1. The number of amides is 1. The molecule has 0 bridgehead atoms. The molecule has 130 valence electrons. The molecule has 4 rings (SSSR count). The van der Waals surface area contributed by atoms with E-state index in [0.29, 0.717) is 19.0 Å². The Labute approximate surface area is 145 Å². The fourth-order valence-corrected chi connectivity index (χ4v) is 3.20. The zero-order valence-electron chi connectivity index (χ0n) is 14.0. The maximum absolute atomic E-state index is 13.3. The highest BCUT2D eigenvalue weighted by atomic mass is 19.1. The van der Waals surface area contributed by atoms with Crippen molar-refractivity contribution in [3.63, 3.8) is 0 Å². The van der Waals surface area contributed by atoms with E-state index in [1.807, 2.05) is 24.1 Å². The number of nitrogens with one attached hydrogen (secondary N) is 1. The zero-order chi connectivity index (χ0) is 17.4. The van der Waals surface area contributed by atoms with Crippen LogP contribution in [0.25, 0.3) is 0 Å². The van der Waals surface area contributed by atoms with Gasteiger partial charge in [0, 0.05) is 38.2 Å². The minimum Gasteiger partial charge on any atom is -0.367 e. The van der Waals surface area contributed by atoms with Crippen LogP contribution in [-0.4, -0.2) is 53.5 Å². The molecule has 1 aliphatic carbocycles. The second-order valence-electron chi connectivity index (χ2n) is 6.65. The first kappa shape index (κ1) is 15.8. The molecule has 1 aromatic heterocycles. The van der Waals surface area contributed by atoms with Crippen molar-refractivity contribution < 1.29 is 9.18 Å². The summed E-state index contributed by atoms with van der Waals surface area (Å²) >= 11 is 0. The molecular formula is C18H20FN5O. The number of carbonyl (C=O) groups excluding carboxylic acids is 1. The molecule has 1 amide bonds. The minimum atomic E-state index is -0.202. The molecule has 2 heterocycles. The van der Waals surface area contributed by atoms with E-state index in [1.165, 1.54) is 12.4 Å². The molecule has 1 N–H and O–H groups in total. The van der Waals surface area contributed by atoms with Gasteiger partial charge in [0.25, 0.3) is 0 Å². The van der Waals surface area contributed by atoms with E-state index >= 15 is 0 Å². The van der Waals surface area contributed by atoms with Gasteiger partial charge in [-0.1, -0.05) is 12.1 Å². The number of hydrogen-bond donors (Lipinski definition) is 1. The lowest BCUT2D eigenvalue weighted by Gasteiger charge is -2.32. The van der Waals surface area contributed by atoms with Gasteiger partial charge in [-0.15, -0.1) is 0 Å². The van der Waals surface area contributed by atoms with Crippen molar-refractivity contribution in [2.24, 2.45) is 0 Å². The Kier molecular flexibility index (Phi) is 3.99. The van der Waals surface area contributed by atoms with Crippen LogP contribution < -0.4 is 10.2 Å². The summed E-state index contributed by atoms with van der Waals surface area (Å²) in [6.45, 7) is 1.78. The molecule has 2 fully saturated rings. The van der Waals surface area contributed by atoms with E-state index in [4.69, 9.17) is 0 Å². The smallest absolute Gasteiger partial charge is 0.241 e. The van der Waals surface area contributed by atoms with Gasteiger partial charge in [-0.2, -0.15) is 0 Å². The molecule has 2 atom stereocenters. The average Bonchev–Trinajstić information content (AvgIpc) is 3.37. The molecule has 1 aliphatic heterocycles. The summed E-state index contributed by atoms with van der Waals surface area (Å²) in [6, 6.07) is 8.87. The largest absolute Gasteiger partial charge is 0.367 e. The van der Waals surface area contributed by atoms with E-state index in [9.17, 15) is 9.18 Å². The van der Waals surface area contributed by atoms with Crippen molar-refractivity contribution in [1.82, 2.24) is 14.9 Å².